The van der Waals surface area contributed by atoms with Gasteiger partial charge in [0.05, 0.1) is 5.41 Å². The predicted octanol–water partition coefficient (Wildman–Crippen LogP) is 13.4. The van der Waals surface area contributed by atoms with Crippen LogP contribution in [0.1, 0.15) is 22.3 Å². The Bertz CT molecular complexity index is 2460. The molecule has 1 spiro atoms. The van der Waals surface area contributed by atoms with E-state index in [1.54, 1.807) is 0 Å². The summed E-state index contributed by atoms with van der Waals surface area (Å²) in [7, 11) is 0. The molecule has 2 aliphatic rings. The minimum absolute atomic E-state index is 0.535. The fourth-order valence-electron chi connectivity index (χ4n) is 8.11. The third kappa shape index (κ3) is 4.89. The maximum absolute atomic E-state index is 6.95. The summed E-state index contributed by atoms with van der Waals surface area (Å²) in [5, 5.41) is 0. The van der Waals surface area contributed by atoms with E-state index >= 15 is 0 Å². The number of rotatable bonds is 5. The van der Waals surface area contributed by atoms with Gasteiger partial charge in [0, 0.05) is 44.0 Å². The quantitative estimate of drug-likeness (QED) is 0.179. The molecule has 8 aromatic rings. The molecule has 52 heavy (non-hydrogen) atoms. The molecule has 246 valence electrons. The highest BCUT2D eigenvalue weighted by Crippen LogP contribution is 2.62. The van der Waals surface area contributed by atoms with Crippen molar-refractivity contribution in [2.24, 2.45) is 0 Å². The van der Waals surface area contributed by atoms with E-state index < -0.39 is 5.41 Å². The molecule has 0 amide bonds. The molecule has 0 radical (unpaired) electrons. The van der Waals surface area contributed by atoms with Gasteiger partial charge in [0.1, 0.15) is 11.5 Å². The van der Waals surface area contributed by atoms with Gasteiger partial charge >= 0.3 is 0 Å². The van der Waals surface area contributed by atoms with E-state index in [9.17, 15) is 0 Å². The zero-order chi connectivity index (χ0) is 34.5. The van der Waals surface area contributed by atoms with Crippen molar-refractivity contribution in [3.8, 4) is 33.8 Å². The van der Waals surface area contributed by atoms with Crippen LogP contribution < -0.4 is 9.64 Å². The van der Waals surface area contributed by atoms with Crippen molar-refractivity contribution in [1.29, 1.82) is 0 Å². The summed E-state index contributed by atoms with van der Waals surface area (Å²) in [6.07, 6.45) is 0. The van der Waals surface area contributed by atoms with Gasteiger partial charge in [-0.25, -0.2) is 0 Å². The molecule has 0 saturated carbocycles. The van der Waals surface area contributed by atoms with Crippen molar-refractivity contribution in [3.05, 3.63) is 222 Å². The normalized spacial score (nSPS) is 13.2. The Balaban J connectivity index is 1.22. The molecule has 0 unspecified atom stereocenters. The number of anilines is 3. The molecule has 0 aromatic heterocycles. The average molecular weight is 684 g/mol. The van der Waals surface area contributed by atoms with Gasteiger partial charge in [-0.2, -0.15) is 0 Å². The van der Waals surface area contributed by atoms with Gasteiger partial charge in [0.15, 0.2) is 0 Å². The highest BCUT2D eigenvalue weighted by Gasteiger charge is 2.49. The summed E-state index contributed by atoms with van der Waals surface area (Å²) in [5.41, 5.74) is 12.2. The molecular formula is C49H33NOS. The molecule has 10 rings (SSSR count). The molecule has 2 heterocycles. The van der Waals surface area contributed by atoms with E-state index in [4.69, 9.17) is 4.74 Å². The van der Waals surface area contributed by atoms with Crippen molar-refractivity contribution in [2.45, 2.75) is 15.2 Å². The predicted molar refractivity (Wildman–Crippen MR) is 215 cm³/mol. The summed E-state index contributed by atoms with van der Waals surface area (Å²) in [4.78, 5) is 4.89. The number of fused-ring (bicyclic) bond motifs is 8. The summed E-state index contributed by atoms with van der Waals surface area (Å²) < 4.78 is 6.95. The minimum Gasteiger partial charge on any atom is -0.457 e. The van der Waals surface area contributed by atoms with E-state index in [0.717, 1.165) is 45.3 Å². The smallest absolute Gasteiger partial charge is 0.134 e. The summed E-state index contributed by atoms with van der Waals surface area (Å²) >= 11 is 1.85. The first-order valence-corrected chi connectivity index (χ1v) is 18.5. The fourth-order valence-corrected chi connectivity index (χ4v) is 9.30. The van der Waals surface area contributed by atoms with Crippen LogP contribution in [-0.4, -0.2) is 0 Å². The lowest BCUT2D eigenvalue weighted by molar-refractivity contribution is 0.431. The van der Waals surface area contributed by atoms with Gasteiger partial charge in [0.25, 0.3) is 0 Å². The van der Waals surface area contributed by atoms with Crippen molar-refractivity contribution < 1.29 is 4.74 Å². The van der Waals surface area contributed by atoms with Gasteiger partial charge < -0.3 is 9.64 Å². The van der Waals surface area contributed by atoms with E-state index in [1.165, 1.54) is 37.6 Å². The topological polar surface area (TPSA) is 12.5 Å². The SMILES string of the molecule is c1ccc(-c2cc(-c3ccccc3)cc(N(c3ccccc3)c3ccc4c(c3)Oc3ccccc3C43c4ccccc4Sc4ccccc43)c2)cc1. The second kappa shape index (κ2) is 12.5. The molecule has 0 bridgehead atoms. The fraction of sp³-hybridized carbons (Fsp3) is 0.0204. The Morgan fingerprint density at radius 2 is 0.846 bits per heavy atom. The highest BCUT2D eigenvalue weighted by molar-refractivity contribution is 7.99. The van der Waals surface area contributed by atoms with E-state index in [1.807, 2.05) is 11.8 Å². The Morgan fingerprint density at radius 1 is 0.346 bits per heavy atom. The van der Waals surface area contributed by atoms with Gasteiger partial charge in [0.2, 0.25) is 0 Å². The Hall–Kier alpha value is -6.29. The van der Waals surface area contributed by atoms with Crippen LogP contribution in [0.25, 0.3) is 22.3 Å². The largest absolute Gasteiger partial charge is 0.457 e. The zero-order valence-electron chi connectivity index (χ0n) is 28.3. The summed E-state index contributed by atoms with van der Waals surface area (Å²) in [6.45, 7) is 0. The molecule has 2 nitrogen and oxygen atoms in total. The number of hydrogen-bond donors (Lipinski definition) is 0. The second-order valence-electron chi connectivity index (χ2n) is 13.3. The molecule has 0 saturated heterocycles. The average Bonchev–Trinajstić information content (AvgIpc) is 3.22. The van der Waals surface area contributed by atoms with Crippen molar-refractivity contribution >= 4 is 28.8 Å². The van der Waals surface area contributed by atoms with Crippen molar-refractivity contribution in [3.63, 3.8) is 0 Å². The number of hydrogen-bond acceptors (Lipinski definition) is 3. The first-order chi connectivity index (χ1) is 25.8. The maximum atomic E-state index is 6.95. The van der Waals surface area contributed by atoms with Crippen molar-refractivity contribution in [2.75, 3.05) is 4.90 Å². The third-order valence-electron chi connectivity index (χ3n) is 10.3. The standard InChI is InChI=1S/C49H33NOS/c1-4-16-34(17-5-1)36-30-37(35-18-6-2-7-19-35)32-40(31-36)50(38-20-8-3-9-21-38)39-28-29-42-46(33-39)51-45-25-13-10-22-41(45)49(42)43-23-11-14-26-47(43)52-48-27-15-12-24-44(48)49/h1-33H. The van der Waals surface area contributed by atoms with Crippen LogP contribution in [0, 0.1) is 0 Å². The number of nitrogens with zero attached hydrogens (tertiary/aromatic N) is 1. The number of benzene rings is 8. The summed E-state index contributed by atoms with van der Waals surface area (Å²) in [5.74, 6) is 1.74. The molecule has 3 heteroatoms. The molecule has 8 aromatic carbocycles. The second-order valence-corrected chi connectivity index (χ2v) is 14.4. The molecule has 2 aliphatic heterocycles. The van der Waals surface area contributed by atoms with Gasteiger partial charge in [-0.1, -0.05) is 151 Å². The van der Waals surface area contributed by atoms with Gasteiger partial charge in [-0.05, 0) is 88.0 Å². The Morgan fingerprint density at radius 3 is 1.46 bits per heavy atom. The van der Waals surface area contributed by atoms with Crippen molar-refractivity contribution in [1.82, 2.24) is 0 Å². The zero-order valence-corrected chi connectivity index (χ0v) is 29.1. The Labute approximate surface area is 308 Å². The monoisotopic (exact) mass is 683 g/mol. The molecule has 0 N–H and O–H groups in total. The third-order valence-corrected chi connectivity index (χ3v) is 11.5. The van der Waals surface area contributed by atoms with E-state index in [0.29, 0.717) is 0 Å². The van der Waals surface area contributed by atoms with E-state index in [2.05, 4.69) is 205 Å². The van der Waals surface area contributed by atoms with Gasteiger partial charge in [-0.3, -0.25) is 0 Å². The van der Waals surface area contributed by atoms with Crippen LogP contribution in [-0.2, 0) is 5.41 Å². The maximum Gasteiger partial charge on any atom is 0.134 e. The van der Waals surface area contributed by atoms with E-state index in [-0.39, 0.29) is 0 Å². The lowest BCUT2D eigenvalue weighted by atomic mass is 9.63. The van der Waals surface area contributed by atoms with Gasteiger partial charge in [-0.15, -0.1) is 0 Å². The van der Waals surface area contributed by atoms with Crippen LogP contribution in [0.4, 0.5) is 17.1 Å². The first-order valence-electron chi connectivity index (χ1n) is 17.7. The van der Waals surface area contributed by atoms with Crippen LogP contribution in [0.5, 0.6) is 11.5 Å². The lowest BCUT2D eigenvalue weighted by Gasteiger charge is -2.45. The molecular weight excluding hydrogens is 651 g/mol. The first kappa shape index (κ1) is 30.5. The Kier molecular flexibility index (Phi) is 7.33. The van der Waals surface area contributed by atoms with Crippen LogP contribution in [0.3, 0.4) is 0 Å². The van der Waals surface area contributed by atoms with Crippen LogP contribution >= 0.6 is 11.8 Å². The molecule has 0 aliphatic carbocycles. The molecule has 0 fully saturated rings. The summed E-state index contributed by atoms with van der Waals surface area (Å²) in [6, 6.07) is 72.0. The number of ether oxygens (including phenoxy) is 1. The lowest BCUT2D eigenvalue weighted by Crippen LogP contribution is -2.36. The highest BCUT2D eigenvalue weighted by atomic mass is 32.2. The van der Waals surface area contributed by atoms with Crippen LogP contribution in [0.15, 0.2) is 210 Å². The number of para-hydroxylation sites is 2. The minimum atomic E-state index is -0.535. The van der Waals surface area contributed by atoms with Crippen LogP contribution in [0.2, 0.25) is 0 Å². The molecule has 0 atom stereocenters.